The zero-order valence-corrected chi connectivity index (χ0v) is 17.7. The Balaban J connectivity index is 1.39. The Labute approximate surface area is 178 Å². The molecule has 156 valence electrons. The van der Waals surface area contributed by atoms with Gasteiger partial charge < -0.3 is 15.0 Å². The van der Waals surface area contributed by atoms with Gasteiger partial charge in [-0.2, -0.15) is 0 Å². The Morgan fingerprint density at radius 1 is 1.27 bits per heavy atom. The van der Waals surface area contributed by atoms with Crippen molar-refractivity contribution < 1.29 is 13.9 Å². The van der Waals surface area contributed by atoms with Gasteiger partial charge in [-0.3, -0.25) is 9.78 Å². The van der Waals surface area contributed by atoms with E-state index in [0.29, 0.717) is 35.0 Å². The maximum atomic E-state index is 14.7. The fourth-order valence-corrected chi connectivity index (χ4v) is 4.32. The lowest BCUT2D eigenvalue weighted by molar-refractivity contribution is -0.00539. The molecule has 0 saturated carbocycles. The fourth-order valence-electron chi connectivity index (χ4n) is 3.55. The molecule has 4 rings (SSSR count). The molecule has 1 N–H and O–H groups in total. The van der Waals surface area contributed by atoms with Crippen LogP contribution in [0.2, 0.25) is 0 Å². The van der Waals surface area contributed by atoms with Gasteiger partial charge in [-0.1, -0.05) is 12.1 Å². The summed E-state index contributed by atoms with van der Waals surface area (Å²) in [4.78, 5) is 23.0. The summed E-state index contributed by atoms with van der Waals surface area (Å²) in [6, 6.07) is 10.6. The van der Waals surface area contributed by atoms with E-state index < -0.39 is 0 Å². The van der Waals surface area contributed by atoms with Gasteiger partial charge in [0.1, 0.15) is 16.5 Å². The van der Waals surface area contributed by atoms with Gasteiger partial charge in [0.25, 0.3) is 5.91 Å². The summed E-state index contributed by atoms with van der Waals surface area (Å²) in [5.74, 6) is -0.595. The van der Waals surface area contributed by atoms with Crippen LogP contribution >= 0.6 is 11.3 Å². The second-order valence-electron chi connectivity index (χ2n) is 7.38. The number of anilines is 1. The fraction of sp³-hybridized carbons (Fsp3) is 0.318. The molecule has 1 aliphatic heterocycles. The number of nitrogens with one attached hydrogen (secondary N) is 1. The largest absolute Gasteiger partial charge is 0.372 e. The average molecular weight is 427 g/mol. The van der Waals surface area contributed by atoms with Crippen molar-refractivity contribution in [3.05, 3.63) is 65.0 Å². The lowest BCUT2D eigenvalue weighted by Crippen LogP contribution is -2.45. The van der Waals surface area contributed by atoms with Crippen LogP contribution in [0.15, 0.2) is 48.0 Å². The molecule has 3 aromatic rings. The average Bonchev–Trinajstić information content (AvgIpc) is 3.22. The Morgan fingerprint density at radius 2 is 2.07 bits per heavy atom. The van der Waals surface area contributed by atoms with Crippen LogP contribution in [0.1, 0.15) is 29.9 Å². The number of carbonyl (C=O) groups is 1. The molecule has 1 saturated heterocycles. The van der Waals surface area contributed by atoms with Gasteiger partial charge in [-0.05, 0) is 43.7 Å². The summed E-state index contributed by atoms with van der Waals surface area (Å²) in [5.41, 5.74) is 2.31. The number of amides is 1. The summed E-state index contributed by atoms with van der Waals surface area (Å²) in [7, 11) is 0. The zero-order valence-electron chi connectivity index (χ0n) is 16.8. The zero-order chi connectivity index (χ0) is 21.1. The number of morpholine rings is 1. The highest BCUT2D eigenvalue weighted by Gasteiger charge is 2.24. The van der Waals surface area contributed by atoms with Crippen LogP contribution in [0.3, 0.4) is 0 Å². The van der Waals surface area contributed by atoms with Gasteiger partial charge in [0.15, 0.2) is 0 Å². The van der Waals surface area contributed by atoms with Gasteiger partial charge in [0.2, 0.25) is 0 Å². The molecule has 0 radical (unpaired) electrons. The van der Waals surface area contributed by atoms with Crippen molar-refractivity contribution >= 4 is 22.9 Å². The molecule has 30 heavy (non-hydrogen) atoms. The van der Waals surface area contributed by atoms with E-state index in [4.69, 9.17) is 4.74 Å². The number of benzene rings is 1. The second-order valence-corrected chi connectivity index (χ2v) is 8.24. The van der Waals surface area contributed by atoms with Crippen molar-refractivity contribution in [1.82, 2.24) is 15.3 Å². The minimum absolute atomic E-state index is 0.0567. The van der Waals surface area contributed by atoms with E-state index in [1.165, 1.54) is 17.4 Å². The Bertz CT molecular complexity index is 1020. The Morgan fingerprint density at radius 3 is 2.77 bits per heavy atom. The normalized spacial score (nSPS) is 19.0. The number of aromatic nitrogens is 2. The Kier molecular flexibility index (Phi) is 6.06. The molecule has 1 amide bonds. The number of hydrogen-bond acceptors (Lipinski definition) is 6. The molecule has 2 atom stereocenters. The molecule has 6 nitrogen and oxygen atoms in total. The molecular weight excluding hydrogens is 403 g/mol. The van der Waals surface area contributed by atoms with Gasteiger partial charge in [-0.25, -0.2) is 9.37 Å². The van der Waals surface area contributed by atoms with Crippen molar-refractivity contribution in [3.63, 3.8) is 0 Å². The first-order valence-corrected chi connectivity index (χ1v) is 10.7. The monoisotopic (exact) mass is 426 g/mol. The molecule has 1 aromatic carbocycles. The summed E-state index contributed by atoms with van der Waals surface area (Å²) >= 11 is 1.36. The number of ether oxygens (including phenoxy) is 1. The number of thiazole rings is 1. The number of halogens is 1. The number of hydrogen-bond donors (Lipinski definition) is 1. The van der Waals surface area contributed by atoms with E-state index in [2.05, 4.69) is 15.3 Å². The minimum atomic E-state index is -0.297. The van der Waals surface area contributed by atoms with Gasteiger partial charge >= 0.3 is 0 Å². The highest BCUT2D eigenvalue weighted by molar-refractivity contribution is 7.13. The summed E-state index contributed by atoms with van der Waals surface area (Å²) in [6.07, 6.45) is 1.80. The van der Waals surface area contributed by atoms with E-state index in [-0.39, 0.29) is 30.5 Å². The molecule has 3 heterocycles. The molecule has 2 aromatic heterocycles. The number of carbonyl (C=O) groups excluding carboxylic acids is 1. The van der Waals surface area contributed by atoms with Crippen LogP contribution in [0.4, 0.5) is 10.1 Å². The first-order chi connectivity index (χ1) is 14.5. The van der Waals surface area contributed by atoms with E-state index in [1.54, 1.807) is 17.6 Å². The maximum absolute atomic E-state index is 14.7. The third-order valence-corrected chi connectivity index (χ3v) is 5.71. The lowest BCUT2D eigenvalue weighted by Gasteiger charge is -2.37. The van der Waals surface area contributed by atoms with E-state index in [9.17, 15) is 9.18 Å². The quantitative estimate of drug-likeness (QED) is 0.671. The minimum Gasteiger partial charge on any atom is -0.372 e. The lowest BCUT2D eigenvalue weighted by atomic mass is 10.1. The van der Waals surface area contributed by atoms with Crippen molar-refractivity contribution in [1.29, 1.82) is 0 Å². The van der Waals surface area contributed by atoms with Crippen LogP contribution < -0.4 is 10.2 Å². The third-order valence-electron chi connectivity index (χ3n) is 4.85. The first kappa shape index (κ1) is 20.4. The molecule has 1 aliphatic rings. The van der Waals surface area contributed by atoms with Gasteiger partial charge in [0.05, 0.1) is 23.6 Å². The predicted octanol–water partition coefficient (Wildman–Crippen LogP) is 3.89. The number of pyridine rings is 1. The maximum Gasteiger partial charge on any atom is 0.271 e. The smallest absolute Gasteiger partial charge is 0.271 e. The van der Waals surface area contributed by atoms with E-state index in [1.807, 2.05) is 43.0 Å². The molecule has 8 heteroatoms. The molecule has 0 aliphatic carbocycles. The highest BCUT2D eigenvalue weighted by Crippen LogP contribution is 2.25. The standard InChI is InChI=1S/C22H23FN4O2S/c1-14-11-27(12-15(2)29-14)20-7-6-16(9-17(20)23)10-25-21(28)19-13-30-22(26-19)18-5-3-4-8-24-18/h3-9,13-15H,10-12H2,1-2H3,(H,25,28)/t14-,15+. The van der Waals surface area contributed by atoms with Crippen LogP contribution in [-0.2, 0) is 11.3 Å². The van der Waals surface area contributed by atoms with Crippen LogP contribution in [0.25, 0.3) is 10.7 Å². The highest BCUT2D eigenvalue weighted by atomic mass is 32.1. The summed E-state index contributed by atoms with van der Waals surface area (Å²) < 4.78 is 20.4. The molecule has 1 fully saturated rings. The van der Waals surface area contributed by atoms with Crippen molar-refractivity contribution in [3.8, 4) is 10.7 Å². The molecule has 0 bridgehead atoms. The third kappa shape index (κ3) is 4.66. The Hall–Kier alpha value is -2.84. The molecule has 0 spiro atoms. The van der Waals surface area contributed by atoms with Gasteiger partial charge in [-0.15, -0.1) is 11.3 Å². The van der Waals surface area contributed by atoms with Crippen LogP contribution in [0, 0.1) is 5.82 Å². The van der Waals surface area contributed by atoms with Crippen molar-refractivity contribution in [2.75, 3.05) is 18.0 Å². The number of rotatable bonds is 5. The number of nitrogens with zero attached hydrogens (tertiary/aromatic N) is 3. The van der Waals surface area contributed by atoms with Crippen LogP contribution in [0.5, 0.6) is 0 Å². The van der Waals surface area contributed by atoms with Crippen molar-refractivity contribution in [2.24, 2.45) is 0 Å². The molecule has 0 unspecified atom stereocenters. The van der Waals surface area contributed by atoms with Crippen molar-refractivity contribution in [2.45, 2.75) is 32.6 Å². The second kappa shape index (κ2) is 8.89. The summed E-state index contributed by atoms with van der Waals surface area (Å²) in [5, 5.41) is 5.19. The van der Waals surface area contributed by atoms with Crippen LogP contribution in [-0.4, -0.2) is 41.2 Å². The topological polar surface area (TPSA) is 67.4 Å². The SMILES string of the molecule is C[C@@H]1CN(c2ccc(CNC(=O)c3csc(-c4ccccn4)n3)cc2F)C[C@H](C)O1. The predicted molar refractivity (Wildman–Crippen MR) is 115 cm³/mol. The molecular formula is C22H23FN4O2S. The van der Waals surface area contributed by atoms with E-state index >= 15 is 0 Å². The van der Waals surface area contributed by atoms with Gasteiger partial charge in [0, 0.05) is 31.2 Å². The summed E-state index contributed by atoms with van der Waals surface area (Å²) in [6.45, 7) is 5.51. The first-order valence-electron chi connectivity index (χ1n) is 9.83. The van der Waals surface area contributed by atoms with E-state index in [0.717, 1.165) is 5.69 Å².